The maximum Gasteiger partial charge on any atom is 0.331 e. The van der Waals surface area contributed by atoms with Crippen molar-refractivity contribution >= 4 is 11.9 Å². The molecule has 0 amide bonds. The van der Waals surface area contributed by atoms with E-state index in [1.807, 2.05) is 26.8 Å². The molecule has 6 aliphatic rings. The fourth-order valence-electron chi connectivity index (χ4n) is 7.29. The molecule has 4 fully saturated rings. The topological polar surface area (TPSA) is 165 Å². The first kappa shape index (κ1) is 24.5. The van der Waals surface area contributed by atoms with Crippen LogP contribution in [0.25, 0.3) is 0 Å². The Morgan fingerprint density at radius 1 is 1.03 bits per heavy atom. The monoisotopic (exact) mass is 508 g/mol. The predicted molar refractivity (Wildman–Crippen MR) is 118 cm³/mol. The van der Waals surface area contributed by atoms with Crippen LogP contribution in [0.2, 0.25) is 0 Å². The summed E-state index contributed by atoms with van der Waals surface area (Å²) in [6.45, 7) is 7.03. The van der Waals surface area contributed by atoms with Crippen LogP contribution in [0.1, 0.15) is 27.7 Å². The van der Waals surface area contributed by atoms with Crippen LogP contribution in [0.4, 0.5) is 0 Å². The molecule has 36 heavy (non-hydrogen) atoms. The second-order valence-corrected chi connectivity index (χ2v) is 11.5. The number of hydrogen-bond acceptors (Lipinski definition) is 11. The number of fused-ring (bicyclic) bond motifs is 4. The average molecular weight is 509 g/mol. The molecule has 2 aliphatic carbocycles. The average Bonchev–Trinajstić information content (AvgIpc) is 3.58. The van der Waals surface area contributed by atoms with E-state index in [4.69, 9.17) is 23.7 Å². The molecule has 6 rings (SSSR count). The van der Waals surface area contributed by atoms with E-state index in [1.54, 1.807) is 6.92 Å². The van der Waals surface area contributed by atoms with E-state index in [2.05, 4.69) is 0 Å². The van der Waals surface area contributed by atoms with Crippen molar-refractivity contribution < 1.29 is 53.7 Å². The second-order valence-electron chi connectivity index (χ2n) is 11.5. The van der Waals surface area contributed by atoms with Crippen molar-refractivity contribution in [3.05, 3.63) is 23.3 Å². The zero-order chi connectivity index (χ0) is 25.9. The Labute approximate surface area is 207 Å². The Morgan fingerprint density at radius 2 is 1.75 bits per heavy atom. The molecule has 13 unspecified atom stereocenters. The van der Waals surface area contributed by atoms with Crippen molar-refractivity contribution in [1.29, 1.82) is 0 Å². The number of esters is 2. The largest absolute Gasteiger partial charge is 0.457 e. The number of carbonyl (C=O) groups excluding carboxylic acids is 2. The van der Waals surface area contributed by atoms with E-state index < -0.39 is 96.5 Å². The minimum atomic E-state index is -1.62. The summed E-state index contributed by atoms with van der Waals surface area (Å²) in [5.74, 6) is -1.39. The van der Waals surface area contributed by atoms with Gasteiger partial charge in [-0.1, -0.05) is 20.8 Å². The van der Waals surface area contributed by atoms with Gasteiger partial charge in [-0.2, -0.15) is 0 Å². The molecule has 0 spiro atoms. The van der Waals surface area contributed by atoms with Crippen LogP contribution in [-0.4, -0.2) is 100 Å². The Morgan fingerprint density at radius 3 is 2.42 bits per heavy atom. The van der Waals surface area contributed by atoms with E-state index in [9.17, 15) is 30.0 Å². The van der Waals surface area contributed by atoms with Crippen molar-refractivity contribution in [1.82, 2.24) is 0 Å². The Balaban J connectivity index is 1.40. The van der Waals surface area contributed by atoms with Gasteiger partial charge in [-0.3, -0.25) is 4.79 Å². The Kier molecular flexibility index (Phi) is 5.32. The number of aliphatic hydroxyl groups excluding tert-OH is 4. The lowest BCUT2D eigenvalue weighted by Gasteiger charge is -2.53. The van der Waals surface area contributed by atoms with Gasteiger partial charge in [0.1, 0.15) is 54.2 Å². The van der Waals surface area contributed by atoms with Crippen LogP contribution < -0.4 is 0 Å². The molecule has 4 heterocycles. The summed E-state index contributed by atoms with van der Waals surface area (Å²) in [5, 5.41) is 40.4. The number of aliphatic hydroxyl groups is 4. The van der Waals surface area contributed by atoms with Crippen LogP contribution in [0.5, 0.6) is 0 Å². The molecule has 4 aliphatic heterocycles. The molecule has 198 valence electrons. The lowest BCUT2D eigenvalue weighted by atomic mass is 9.48. The summed E-state index contributed by atoms with van der Waals surface area (Å²) in [7, 11) is 0. The number of ether oxygens (including phenoxy) is 5. The predicted octanol–water partition coefficient (Wildman–Crippen LogP) is -1.05. The number of cyclic esters (lactones) is 1. The Bertz CT molecular complexity index is 1050. The molecule has 0 aromatic rings. The summed E-state index contributed by atoms with van der Waals surface area (Å²) in [5.41, 5.74) is -0.384. The van der Waals surface area contributed by atoms with Gasteiger partial charge in [-0.05, 0) is 30.1 Å². The SMILES string of the molecule is CC(C)C1OC(=O)C=C2C1=CC1OC(=O)C3(C)C(OC4OC(CO)C(O)C(O)C4O)C4OC4C2(C)C13. The molecule has 0 bridgehead atoms. The molecule has 0 radical (unpaired) electrons. The summed E-state index contributed by atoms with van der Waals surface area (Å²) >= 11 is 0. The van der Waals surface area contributed by atoms with Crippen LogP contribution in [0.15, 0.2) is 23.3 Å². The van der Waals surface area contributed by atoms with Crippen LogP contribution >= 0.6 is 0 Å². The number of carbonyl (C=O) groups is 2. The zero-order valence-electron chi connectivity index (χ0n) is 20.4. The van der Waals surface area contributed by atoms with Crippen molar-refractivity contribution in [2.45, 2.75) is 88.9 Å². The lowest BCUT2D eigenvalue weighted by Crippen LogP contribution is -2.64. The van der Waals surface area contributed by atoms with Gasteiger partial charge >= 0.3 is 11.9 Å². The maximum absolute atomic E-state index is 13.5. The van der Waals surface area contributed by atoms with Gasteiger partial charge in [0.2, 0.25) is 0 Å². The minimum Gasteiger partial charge on any atom is -0.457 e. The third kappa shape index (κ3) is 2.99. The normalized spacial score (nSPS) is 53.0. The first-order valence-corrected chi connectivity index (χ1v) is 12.4. The summed E-state index contributed by atoms with van der Waals surface area (Å²) in [4.78, 5) is 26.1. The highest BCUT2D eigenvalue weighted by Crippen LogP contribution is 2.70. The summed E-state index contributed by atoms with van der Waals surface area (Å²) in [6, 6.07) is 0. The fraction of sp³-hybridized carbons (Fsp3) is 0.760. The van der Waals surface area contributed by atoms with Crippen molar-refractivity contribution in [3.63, 3.8) is 0 Å². The molecule has 3 saturated heterocycles. The van der Waals surface area contributed by atoms with Crippen LogP contribution in [0.3, 0.4) is 0 Å². The van der Waals surface area contributed by atoms with E-state index in [0.717, 1.165) is 11.1 Å². The van der Waals surface area contributed by atoms with Gasteiger partial charge in [0.05, 0.1) is 12.7 Å². The van der Waals surface area contributed by atoms with Crippen molar-refractivity contribution in [2.24, 2.45) is 22.7 Å². The number of epoxide rings is 1. The quantitative estimate of drug-likeness (QED) is 0.271. The molecular weight excluding hydrogens is 476 g/mol. The molecule has 11 nitrogen and oxygen atoms in total. The van der Waals surface area contributed by atoms with Gasteiger partial charge < -0.3 is 44.1 Å². The van der Waals surface area contributed by atoms with E-state index in [-0.39, 0.29) is 5.92 Å². The van der Waals surface area contributed by atoms with E-state index in [0.29, 0.717) is 0 Å². The molecule has 0 aromatic heterocycles. The minimum absolute atomic E-state index is 0.00863. The standard InChI is InChI=1S/C25H32O11/c1-8(2)17-9-5-11-19-24(3,10(9)6-13(27)34-17)20-18(35-20)21(25(19,4)23(31)33-11)36-22-16(30)15(29)14(28)12(7-26)32-22/h5-6,8,11-12,14-22,26,28-30H,7H2,1-4H3. The maximum atomic E-state index is 13.5. The zero-order valence-corrected chi connectivity index (χ0v) is 20.4. The van der Waals surface area contributed by atoms with Gasteiger partial charge in [-0.25, -0.2) is 4.79 Å². The summed E-state index contributed by atoms with van der Waals surface area (Å²) < 4.78 is 29.4. The first-order valence-electron chi connectivity index (χ1n) is 12.4. The highest BCUT2D eigenvalue weighted by atomic mass is 16.7. The molecule has 11 heteroatoms. The summed E-state index contributed by atoms with van der Waals surface area (Å²) in [6.07, 6.45) is -6.96. The van der Waals surface area contributed by atoms with Gasteiger partial charge in [0, 0.05) is 17.4 Å². The second kappa shape index (κ2) is 7.83. The fourth-order valence-corrected chi connectivity index (χ4v) is 7.29. The molecular formula is C25H32O11. The first-order chi connectivity index (χ1) is 16.9. The number of hydrogen-bond donors (Lipinski definition) is 4. The third-order valence-electron chi connectivity index (χ3n) is 9.09. The highest BCUT2D eigenvalue weighted by Gasteiger charge is 2.80. The van der Waals surface area contributed by atoms with Gasteiger partial charge in [0.15, 0.2) is 6.29 Å². The highest BCUT2D eigenvalue weighted by molar-refractivity contribution is 5.88. The van der Waals surface area contributed by atoms with Crippen molar-refractivity contribution in [2.75, 3.05) is 6.61 Å². The smallest absolute Gasteiger partial charge is 0.331 e. The Hall–Kier alpha value is -1.86. The van der Waals surface area contributed by atoms with Crippen molar-refractivity contribution in [3.8, 4) is 0 Å². The van der Waals surface area contributed by atoms with Gasteiger partial charge in [-0.15, -0.1) is 0 Å². The van der Waals surface area contributed by atoms with Crippen LogP contribution in [0, 0.1) is 22.7 Å². The van der Waals surface area contributed by atoms with Gasteiger partial charge in [0.25, 0.3) is 0 Å². The van der Waals surface area contributed by atoms with E-state index >= 15 is 0 Å². The van der Waals surface area contributed by atoms with E-state index in [1.165, 1.54) is 6.08 Å². The van der Waals surface area contributed by atoms with Crippen LogP contribution in [-0.2, 0) is 33.3 Å². The molecule has 0 aromatic carbocycles. The molecule has 1 saturated carbocycles. The number of rotatable bonds is 4. The lowest BCUT2D eigenvalue weighted by molar-refractivity contribution is -0.322. The third-order valence-corrected chi connectivity index (χ3v) is 9.09. The molecule has 4 N–H and O–H groups in total. The molecule has 13 atom stereocenters.